The van der Waals surface area contributed by atoms with E-state index < -0.39 is 0 Å². The van der Waals surface area contributed by atoms with Gasteiger partial charge >= 0.3 is 0 Å². The highest BCUT2D eigenvalue weighted by Gasteiger charge is 2.23. The predicted molar refractivity (Wildman–Crippen MR) is 128 cm³/mol. The summed E-state index contributed by atoms with van der Waals surface area (Å²) in [7, 11) is 2.15. The molecule has 5 rings (SSSR count). The molecule has 0 N–H and O–H groups in total. The lowest BCUT2D eigenvalue weighted by molar-refractivity contribution is -0.633. The number of fused-ring (bicyclic) bond motifs is 4. The number of aromatic nitrogens is 2. The molecule has 156 valence electrons. The third kappa shape index (κ3) is 3.29. The molecule has 0 fully saturated rings. The van der Waals surface area contributed by atoms with E-state index in [-0.39, 0.29) is 5.41 Å². The lowest BCUT2D eigenvalue weighted by Gasteiger charge is -2.19. The van der Waals surface area contributed by atoms with Crippen LogP contribution in [0.15, 0.2) is 59.0 Å². The molecule has 5 aromatic rings. The molecule has 0 bridgehead atoms. The monoisotopic (exact) mass is 409 g/mol. The van der Waals surface area contributed by atoms with Gasteiger partial charge in [-0.2, -0.15) is 4.57 Å². The first-order chi connectivity index (χ1) is 14.7. The molecule has 0 aliphatic heterocycles. The highest BCUT2D eigenvalue weighted by molar-refractivity contribution is 6.08. The lowest BCUT2D eigenvalue weighted by atomic mass is 9.86. The molecular formula is C28H29N2O+. The molecule has 31 heavy (non-hydrogen) atoms. The van der Waals surface area contributed by atoms with Gasteiger partial charge in [0.1, 0.15) is 7.05 Å². The van der Waals surface area contributed by atoms with E-state index in [1.807, 2.05) is 13.0 Å². The van der Waals surface area contributed by atoms with Crippen molar-refractivity contribution >= 4 is 33.0 Å². The minimum absolute atomic E-state index is 0.243. The van der Waals surface area contributed by atoms with E-state index in [9.17, 15) is 0 Å². The van der Waals surface area contributed by atoms with Gasteiger partial charge < -0.3 is 4.42 Å². The van der Waals surface area contributed by atoms with Crippen molar-refractivity contribution in [3.8, 4) is 11.3 Å². The van der Waals surface area contributed by atoms with Gasteiger partial charge in [-0.15, -0.1) is 0 Å². The molecule has 0 amide bonds. The van der Waals surface area contributed by atoms with Gasteiger partial charge in [0.15, 0.2) is 5.58 Å². The molecule has 2 aromatic carbocycles. The van der Waals surface area contributed by atoms with Crippen LogP contribution >= 0.6 is 0 Å². The normalized spacial score (nSPS) is 12.3. The number of aryl methyl sites for hydroxylation is 3. The predicted octanol–water partition coefficient (Wildman–Crippen LogP) is 6.83. The van der Waals surface area contributed by atoms with Gasteiger partial charge in [-0.3, -0.25) is 0 Å². The molecule has 3 heterocycles. The molecule has 0 aliphatic rings. The van der Waals surface area contributed by atoms with Crippen molar-refractivity contribution in [3.05, 3.63) is 71.4 Å². The fourth-order valence-electron chi connectivity index (χ4n) is 4.69. The molecule has 0 atom stereocenters. The minimum atomic E-state index is 0.243. The summed E-state index contributed by atoms with van der Waals surface area (Å²) < 4.78 is 8.63. The highest BCUT2D eigenvalue weighted by atomic mass is 16.3. The number of hydrogen-bond acceptors (Lipinski definition) is 2. The Morgan fingerprint density at radius 3 is 2.39 bits per heavy atom. The minimum Gasteiger partial charge on any atom is -0.437 e. The Kier molecular flexibility index (Phi) is 4.40. The Hall–Kier alpha value is -3.20. The van der Waals surface area contributed by atoms with Crippen molar-refractivity contribution < 1.29 is 8.98 Å². The zero-order valence-electron chi connectivity index (χ0n) is 19.2. The Morgan fingerprint density at radius 2 is 1.61 bits per heavy atom. The fraction of sp³-hybridized carbons (Fsp3) is 0.286. The average molecular weight is 410 g/mol. The molecule has 0 aliphatic carbocycles. The van der Waals surface area contributed by atoms with Gasteiger partial charge in [0.25, 0.3) is 0 Å². The third-order valence-corrected chi connectivity index (χ3v) is 6.14. The van der Waals surface area contributed by atoms with E-state index in [2.05, 4.69) is 92.8 Å². The third-order valence-electron chi connectivity index (χ3n) is 6.14. The molecule has 0 saturated carbocycles. The summed E-state index contributed by atoms with van der Waals surface area (Å²) >= 11 is 0. The number of pyridine rings is 2. The van der Waals surface area contributed by atoms with E-state index >= 15 is 0 Å². The first-order valence-corrected chi connectivity index (χ1v) is 10.9. The van der Waals surface area contributed by atoms with Crippen LogP contribution in [0.1, 0.15) is 37.6 Å². The average Bonchev–Trinajstić information content (AvgIpc) is 3.05. The zero-order chi connectivity index (χ0) is 21.9. The van der Waals surface area contributed by atoms with Crippen LogP contribution in [0.2, 0.25) is 0 Å². The molecule has 3 heteroatoms. The lowest BCUT2D eigenvalue weighted by Crippen LogP contribution is -2.32. The van der Waals surface area contributed by atoms with Crippen LogP contribution < -0.4 is 4.57 Å². The maximum absolute atomic E-state index is 6.33. The largest absolute Gasteiger partial charge is 0.437 e. The maximum Gasteiger partial charge on any atom is 0.227 e. The van der Waals surface area contributed by atoms with Crippen molar-refractivity contribution in [1.29, 1.82) is 0 Å². The number of nitrogens with zero attached hydrogens (tertiary/aromatic N) is 2. The van der Waals surface area contributed by atoms with Crippen molar-refractivity contribution in [2.75, 3.05) is 0 Å². The van der Waals surface area contributed by atoms with Gasteiger partial charge in [0.2, 0.25) is 16.9 Å². The van der Waals surface area contributed by atoms with Crippen LogP contribution in [0.25, 0.3) is 44.2 Å². The van der Waals surface area contributed by atoms with Crippen LogP contribution in [0.5, 0.6) is 0 Å². The topological polar surface area (TPSA) is 29.9 Å². The van der Waals surface area contributed by atoms with Crippen LogP contribution in [-0.4, -0.2) is 4.98 Å². The second kappa shape index (κ2) is 6.91. The number of furan rings is 1. The van der Waals surface area contributed by atoms with E-state index in [1.54, 1.807) is 0 Å². The molecule has 0 spiro atoms. The zero-order valence-corrected chi connectivity index (χ0v) is 19.2. The molecule has 3 aromatic heterocycles. The molecule has 0 saturated heterocycles. The van der Waals surface area contributed by atoms with Gasteiger partial charge in [-0.05, 0) is 55.0 Å². The summed E-state index contributed by atoms with van der Waals surface area (Å²) in [5, 5.41) is 3.50. The Morgan fingerprint density at radius 1 is 0.871 bits per heavy atom. The van der Waals surface area contributed by atoms with Crippen LogP contribution in [0.4, 0.5) is 0 Å². The molecule has 3 nitrogen and oxygen atoms in total. The summed E-state index contributed by atoms with van der Waals surface area (Å²) in [4.78, 5) is 4.62. The SMILES string of the molecule is Cc1ccc2c(n1)oc1c(-c3ccc4c(CC(C)(C)C)cccc4[n+]3C)c(C)ccc12. The van der Waals surface area contributed by atoms with Gasteiger partial charge in [0, 0.05) is 34.0 Å². The van der Waals surface area contributed by atoms with Crippen molar-refractivity contribution in [2.24, 2.45) is 12.5 Å². The van der Waals surface area contributed by atoms with Crippen molar-refractivity contribution in [3.63, 3.8) is 0 Å². The Bertz CT molecular complexity index is 1470. The highest BCUT2D eigenvalue weighted by Crippen LogP contribution is 2.37. The summed E-state index contributed by atoms with van der Waals surface area (Å²) in [6.07, 6.45) is 1.05. The smallest absolute Gasteiger partial charge is 0.227 e. The number of benzene rings is 2. The second-order valence-corrected chi connectivity index (χ2v) is 9.91. The van der Waals surface area contributed by atoms with Crippen molar-refractivity contribution in [2.45, 2.75) is 41.0 Å². The summed E-state index contributed by atoms with van der Waals surface area (Å²) in [6, 6.07) is 19.7. The van der Waals surface area contributed by atoms with E-state index in [0.29, 0.717) is 5.71 Å². The Balaban J connectivity index is 1.79. The van der Waals surface area contributed by atoms with Gasteiger partial charge in [0.05, 0.1) is 5.56 Å². The summed E-state index contributed by atoms with van der Waals surface area (Å²) in [5.74, 6) is 0. The summed E-state index contributed by atoms with van der Waals surface area (Å²) in [5.41, 5.74) is 8.94. The summed E-state index contributed by atoms with van der Waals surface area (Å²) in [6.45, 7) is 11.0. The molecule has 0 radical (unpaired) electrons. The molecule has 0 unspecified atom stereocenters. The fourth-order valence-corrected chi connectivity index (χ4v) is 4.69. The number of hydrogen-bond donors (Lipinski definition) is 0. The number of rotatable bonds is 2. The molecular weight excluding hydrogens is 380 g/mol. The van der Waals surface area contributed by atoms with Crippen LogP contribution in [0, 0.1) is 19.3 Å². The van der Waals surface area contributed by atoms with E-state index in [1.165, 1.54) is 22.0 Å². The van der Waals surface area contributed by atoms with Gasteiger partial charge in [-0.25, -0.2) is 4.98 Å². The van der Waals surface area contributed by atoms with E-state index in [4.69, 9.17) is 4.42 Å². The van der Waals surface area contributed by atoms with Crippen LogP contribution in [-0.2, 0) is 13.5 Å². The first kappa shape index (κ1) is 19.7. The quantitative estimate of drug-likeness (QED) is 0.299. The standard InChI is InChI=1S/C28H29N2O/c1-17-10-12-21-22-13-11-18(2)29-27(22)31-26(21)25(17)24-15-14-20-19(16-28(3,4)5)8-7-9-23(20)30(24)6/h7-15H,16H2,1-6H3/q+1. The van der Waals surface area contributed by atoms with Gasteiger partial charge in [-0.1, -0.05) is 45.0 Å². The van der Waals surface area contributed by atoms with E-state index in [0.717, 1.165) is 39.7 Å². The first-order valence-electron chi connectivity index (χ1n) is 10.9. The Labute approximate surface area is 183 Å². The second-order valence-electron chi connectivity index (χ2n) is 9.91. The van der Waals surface area contributed by atoms with Crippen molar-refractivity contribution in [1.82, 2.24) is 4.98 Å². The maximum atomic E-state index is 6.33. The van der Waals surface area contributed by atoms with Crippen LogP contribution in [0.3, 0.4) is 0 Å².